The topological polar surface area (TPSA) is 70.9 Å². The van der Waals surface area contributed by atoms with Crippen molar-refractivity contribution in [2.75, 3.05) is 14.2 Å². The average molecular weight is 202 g/mol. The zero-order valence-electron chi connectivity index (χ0n) is 9.29. The summed E-state index contributed by atoms with van der Waals surface area (Å²) >= 11 is 0. The molecule has 0 rings (SSSR count). The molecule has 0 aliphatic rings. The van der Waals surface area contributed by atoms with E-state index >= 15 is 0 Å². The first-order chi connectivity index (χ1) is 6.38. The van der Waals surface area contributed by atoms with Crippen LogP contribution in [0.1, 0.15) is 20.8 Å². The van der Waals surface area contributed by atoms with Gasteiger partial charge < -0.3 is 15.3 Å². The summed E-state index contributed by atoms with van der Waals surface area (Å²) in [4.78, 5) is 11.5. The molecule has 0 heterocycles. The molecule has 0 radical (unpaired) electrons. The van der Waals surface area contributed by atoms with Gasteiger partial charge in [0.2, 0.25) is 11.8 Å². The molecule has 0 aliphatic carbocycles. The molecule has 0 spiro atoms. The number of nitrogens with zero attached hydrogens (tertiary/aromatic N) is 1. The molecule has 2 N–H and O–H groups in total. The van der Waals surface area contributed by atoms with Gasteiger partial charge in [0.1, 0.15) is 5.92 Å². The van der Waals surface area contributed by atoms with Gasteiger partial charge in [-0.05, 0) is 5.41 Å². The van der Waals surface area contributed by atoms with Crippen LogP contribution in [0.15, 0.2) is 5.16 Å². The van der Waals surface area contributed by atoms with Gasteiger partial charge in [-0.3, -0.25) is 4.79 Å². The molecule has 0 aromatic carbocycles. The van der Waals surface area contributed by atoms with E-state index in [1.54, 1.807) is 0 Å². The second-order valence-corrected chi connectivity index (χ2v) is 4.06. The molecule has 14 heavy (non-hydrogen) atoms. The summed E-state index contributed by atoms with van der Waals surface area (Å²) in [6.45, 7) is 5.62. The van der Waals surface area contributed by atoms with Gasteiger partial charge in [0.15, 0.2) is 0 Å². The van der Waals surface area contributed by atoms with Crippen LogP contribution in [0, 0.1) is 11.3 Å². The molecule has 0 fully saturated rings. The van der Waals surface area contributed by atoms with Crippen molar-refractivity contribution >= 4 is 11.8 Å². The Morgan fingerprint density at radius 1 is 1.50 bits per heavy atom. The number of hydrogen-bond donors (Lipinski definition) is 2. The van der Waals surface area contributed by atoms with E-state index in [1.807, 2.05) is 20.8 Å². The second kappa shape index (κ2) is 4.83. The first-order valence-electron chi connectivity index (χ1n) is 4.36. The molecule has 0 aromatic rings. The van der Waals surface area contributed by atoms with E-state index in [2.05, 4.69) is 10.5 Å². The molecule has 0 aromatic heterocycles. The summed E-state index contributed by atoms with van der Waals surface area (Å²) in [5.41, 5.74) is -0.363. The normalized spacial score (nSPS) is 14.8. The second-order valence-electron chi connectivity index (χ2n) is 4.06. The highest BCUT2D eigenvalue weighted by molar-refractivity contribution is 6.00. The number of ether oxygens (including phenoxy) is 1. The van der Waals surface area contributed by atoms with Crippen LogP contribution in [0.2, 0.25) is 0 Å². The fourth-order valence-electron chi connectivity index (χ4n) is 1.24. The van der Waals surface area contributed by atoms with Crippen molar-refractivity contribution in [2.45, 2.75) is 20.8 Å². The molecule has 0 bridgehead atoms. The number of methoxy groups -OCH3 is 1. The fraction of sp³-hybridized carbons (Fsp3) is 0.778. The Morgan fingerprint density at radius 2 is 2.00 bits per heavy atom. The van der Waals surface area contributed by atoms with E-state index in [-0.39, 0.29) is 17.2 Å². The summed E-state index contributed by atoms with van der Waals surface area (Å²) in [6.07, 6.45) is 0. The van der Waals surface area contributed by atoms with Crippen LogP contribution >= 0.6 is 0 Å². The molecular formula is C9H18N2O3. The van der Waals surface area contributed by atoms with Gasteiger partial charge in [-0.1, -0.05) is 25.9 Å². The molecule has 1 unspecified atom stereocenters. The van der Waals surface area contributed by atoms with Crippen LogP contribution in [0.25, 0.3) is 0 Å². The molecule has 0 saturated heterocycles. The molecule has 82 valence electrons. The highest BCUT2D eigenvalue weighted by Crippen LogP contribution is 2.27. The van der Waals surface area contributed by atoms with Gasteiger partial charge in [0, 0.05) is 7.05 Å². The van der Waals surface area contributed by atoms with Crippen LogP contribution in [-0.2, 0) is 9.53 Å². The molecule has 5 nitrogen and oxygen atoms in total. The SMILES string of the molecule is CNC(=O)C(C(=NO)OC)C(C)(C)C. The van der Waals surface area contributed by atoms with E-state index in [1.165, 1.54) is 14.2 Å². The third kappa shape index (κ3) is 2.90. The molecule has 1 amide bonds. The minimum absolute atomic E-state index is 0.0249. The zero-order valence-corrected chi connectivity index (χ0v) is 9.29. The first-order valence-corrected chi connectivity index (χ1v) is 4.36. The lowest BCUT2D eigenvalue weighted by molar-refractivity contribution is -0.125. The van der Waals surface area contributed by atoms with Gasteiger partial charge in [-0.15, -0.1) is 0 Å². The van der Waals surface area contributed by atoms with E-state index in [0.29, 0.717) is 0 Å². The maximum absolute atomic E-state index is 11.5. The Labute approximate surface area is 84.1 Å². The van der Waals surface area contributed by atoms with Crippen molar-refractivity contribution in [1.82, 2.24) is 5.32 Å². The van der Waals surface area contributed by atoms with E-state index in [9.17, 15) is 4.79 Å². The van der Waals surface area contributed by atoms with Crippen LogP contribution in [0.5, 0.6) is 0 Å². The molecule has 5 heteroatoms. The average Bonchev–Trinajstić information content (AvgIpc) is 2.10. The minimum atomic E-state index is -0.595. The van der Waals surface area contributed by atoms with E-state index in [0.717, 1.165) is 0 Å². The predicted molar refractivity (Wildman–Crippen MR) is 53.2 cm³/mol. The quantitative estimate of drug-likeness (QED) is 0.301. The highest BCUT2D eigenvalue weighted by Gasteiger charge is 2.36. The zero-order chi connectivity index (χ0) is 11.4. The number of carbonyl (C=O) groups excluding carboxylic acids is 1. The predicted octanol–water partition coefficient (Wildman–Crippen LogP) is 0.829. The third-order valence-corrected chi connectivity index (χ3v) is 1.93. The van der Waals surface area contributed by atoms with Crippen molar-refractivity contribution in [3.05, 3.63) is 0 Å². The maximum Gasteiger partial charge on any atom is 0.238 e. The Hall–Kier alpha value is -1.26. The van der Waals surface area contributed by atoms with E-state index < -0.39 is 5.92 Å². The Morgan fingerprint density at radius 3 is 2.21 bits per heavy atom. The summed E-state index contributed by atoms with van der Waals surface area (Å²) in [5.74, 6) is -0.800. The van der Waals surface area contributed by atoms with E-state index in [4.69, 9.17) is 9.94 Å². The Balaban J connectivity index is 5.01. The standard InChI is InChI=1S/C9H18N2O3/c1-9(2,3)6(7(12)10-4)8(11-13)14-5/h6,13H,1-5H3,(H,10,12). The number of carbonyl (C=O) groups is 1. The summed E-state index contributed by atoms with van der Waals surface area (Å²) < 4.78 is 4.85. The smallest absolute Gasteiger partial charge is 0.238 e. The largest absolute Gasteiger partial charge is 0.481 e. The lowest BCUT2D eigenvalue weighted by atomic mass is 9.80. The summed E-state index contributed by atoms with van der Waals surface area (Å²) in [7, 11) is 2.91. The lowest BCUT2D eigenvalue weighted by Crippen LogP contribution is -2.42. The fourth-order valence-corrected chi connectivity index (χ4v) is 1.24. The third-order valence-electron chi connectivity index (χ3n) is 1.93. The highest BCUT2D eigenvalue weighted by atomic mass is 16.5. The van der Waals surface area contributed by atoms with Crippen LogP contribution in [0.4, 0.5) is 0 Å². The number of rotatable bonds is 2. The van der Waals surface area contributed by atoms with Gasteiger partial charge in [-0.2, -0.15) is 0 Å². The lowest BCUT2D eigenvalue weighted by Gasteiger charge is -2.28. The van der Waals surface area contributed by atoms with Gasteiger partial charge in [-0.25, -0.2) is 0 Å². The van der Waals surface area contributed by atoms with Gasteiger partial charge in [0.05, 0.1) is 7.11 Å². The maximum atomic E-state index is 11.5. The Bertz CT molecular complexity index is 231. The minimum Gasteiger partial charge on any atom is -0.481 e. The molecular weight excluding hydrogens is 184 g/mol. The van der Waals surface area contributed by atoms with Crippen molar-refractivity contribution in [3.8, 4) is 0 Å². The van der Waals surface area contributed by atoms with Crippen molar-refractivity contribution in [3.63, 3.8) is 0 Å². The Kier molecular flexibility index (Phi) is 4.40. The first kappa shape index (κ1) is 12.7. The van der Waals surface area contributed by atoms with Crippen molar-refractivity contribution in [2.24, 2.45) is 16.5 Å². The molecule has 0 saturated carbocycles. The number of hydrogen-bond acceptors (Lipinski definition) is 4. The summed E-state index contributed by atoms with van der Waals surface area (Å²) in [5, 5.41) is 14.2. The number of oxime groups is 1. The van der Waals surface area contributed by atoms with Crippen molar-refractivity contribution in [1.29, 1.82) is 0 Å². The van der Waals surface area contributed by atoms with Crippen LogP contribution in [-0.4, -0.2) is 31.2 Å². The molecule has 1 atom stereocenters. The van der Waals surface area contributed by atoms with Crippen molar-refractivity contribution < 1.29 is 14.7 Å². The van der Waals surface area contributed by atoms with Gasteiger partial charge in [0.25, 0.3) is 0 Å². The molecule has 0 aliphatic heterocycles. The van der Waals surface area contributed by atoms with Gasteiger partial charge >= 0.3 is 0 Å². The number of amides is 1. The summed E-state index contributed by atoms with van der Waals surface area (Å²) in [6, 6.07) is 0. The van der Waals surface area contributed by atoms with Crippen LogP contribution < -0.4 is 5.32 Å². The number of nitrogens with one attached hydrogen (secondary N) is 1. The monoisotopic (exact) mass is 202 g/mol. The van der Waals surface area contributed by atoms with Crippen LogP contribution in [0.3, 0.4) is 0 Å².